The van der Waals surface area contributed by atoms with Crippen LogP contribution in [0.3, 0.4) is 0 Å². The molecule has 2 amide bonds. The van der Waals surface area contributed by atoms with Crippen LogP contribution in [0.2, 0.25) is 0 Å². The molecule has 0 atom stereocenters. The number of benzene rings is 2. The van der Waals surface area contributed by atoms with Gasteiger partial charge in [-0.1, -0.05) is 12.1 Å². The summed E-state index contributed by atoms with van der Waals surface area (Å²) in [6.07, 6.45) is 0.786. The Hall–Kier alpha value is -2.76. The molecule has 2 aromatic rings. The van der Waals surface area contributed by atoms with Crippen molar-refractivity contribution in [3.05, 3.63) is 59.2 Å². The molecule has 0 aliphatic carbocycles. The standard InChI is InChI=1S/C17H14F2N2O2/c1-10(22)21(15-4-2-3-11-7-8-20-16(11)15)17(23)13-6-5-12(18)9-14(13)19/h2-6,9,20H,7-8H2,1H3. The van der Waals surface area contributed by atoms with Gasteiger partial charge in [-0.2, -0.15) is 0 Å². The maximum atomic E-state index is 13.9. The molecule has 3 rings (SSSR count). The van der Waals surface area contributed by atoms with E-state index in [0.29, 0.717) is 24.0 Å². The second kappa shape index (κ2) is 5.79. The summed E-state index contributed by atoms with van der Waals surface area (Å²) in [4.78, 5) is 25.6. The first-order valence-corrected chi connectivity index (χ1v) is 7.15. The van der Waals surface area contributed by atoms with Crippen LogP contribution < -0.4 is 10.2 Å². The van der Waals surface area contributed by atoms with Crippen molar-refractivity contribution in [2.24, 2.45) is 0 Å². The molecule has 4 nitrogen and oxygen atoms in total. The van der Waals surface area contributed by atoms with E-state index in [4.69, 9.17) is 0 Å². The number of imide groups is 1. The van der Waals surface area contributed by atoms with Gasteiger partial charge in [-0.05, 0) is 30.2 Å². The van der Waals surface area contributed by atoms with Crippen LogP contribution in [0.4, 0.5) is 20.2 Å². The third kappa shape index (κ3) is 2.67. The van der Waals surface area contributed by atoms with Crippen LogP contribution in [-0.2, 0) is 11.2 Å². The average Bonchev–Trinajstić information content (AvgIpc) is 2.96. The van der Waals surface area contributed by atoms with Crippen LogP contribution in [0.5, 0.6) is 0 Å². The predicted octanol–water partition coefficient (Wildman–Crippen LogP) is 3.13. The first-order valence-electron chi connectivity index (χ1n) is 7.15. The number of nitrogens with one attached hydrogen (secondary N) is 1. The van der Waals surface area contributed by atoms with Crippen molar-refractivity contribution in [2.45, 2.75) is 13.3 Å². The number of nitrogens with zero attached hydrogens (tertiary/aromatic N) is 1. The second-order valence-corrected chi connectivity index (χ2v) is 5.27. The van der Waals surface area contributed by atoms with Crippen molar-refractivity contribution >= 4 is 23.2 Å². The topological polar surface area (TPSA) is 49.4 Å². The Morgan fingerprint density at radius 2 is 1.96 bits per heavy atom. The lowest BCUT2D eigenvalue weighted by atomic mass is 10.1. The van der Waals surface area contributed by atoms with Gasteiger partial charge in [-0.15, -0.1) is 0 Å². The monoisotopic (exact) mass is 316 g/mol. The molecule has 1 aliphatic rings. The van der Waals surface area contributed by atoms with Gasteiger partial charge in [0.2, 0.25) is 5.91 Å². The summed E-state index contributed by atoms with van der Waals surface area (Å²) in [6, 6.07) is 7.92. The first-order chi connectivity index (χ1) is 11.0. The largest absolute Gasteiger partial charge is 0.383 e. The van der Waals surface area contributed by atoms with Crippen molar-refractivity contribution in [1.29, 1.82) is 0 Å². The lowest BCUT2D eigenvalue weighted by Gasteiger charge is -2.22. The van der Waals surface area contributed by atoms with Crippen molar-refractivity contribution in [1.82, 2.24) is 0 Å². The Labute approximate surface area is 131 Å². The van der Waals surface area contributed by atoms with Crippen molar-refractivity contribution < 1.29 is 18.4 Å². The highest BCUT2D eigenvalue weighted by molar-refractivity contribution is 6.22. The highest BCUT2D eigenvalue weighted by Gasteiger charge is 2.28. The summed E-state index contributed by atoms with van der Waals surface area (Å²) in [5.41, 5.74) is 1.71. The number of amides is 2. The molecule has 0 saturated heterocycles. The van der Waals surface area contributed by atoms with Gasteiger partial charge in [0.05, 0.1) is 16.9 Å². The third-order valence-electron chi connectivity index (χ3n) is 3.75. The lowest BCUT2D eigenvalue weighted by Crippen LogP contribution is -2.36. The van der Waals surface area contributed by atoms with E-state index in [1.165, 1.54) is 6.92 Å². The van der Waals surface area contributed by atoms with Crippen LogP contribution >= 0.6 is 0 Å². The fraction of sp³-hybridized carbons (Fsp3) is 0.176. The third-order valence-corrected chi connectivity index (χ3v) is 3.75. The predicted molar refractivity (Wildman–Crippen MR) is 82.5 cm³/mol. The second-order valence-electron chi connectivity index (χ2n) is 5.27. The molecule has 0 aromatic heterocycles. The van der Waals surface area contributed by atoms with E-state index in [2.05, 4.69) is 5.32 Å². The summed E-state index contributed by atoms with van der Waals surface area (Å²) in [5.74, 6) is -3.14. The first kappa shape index (κ1) is 15.1. The molecule has 0 saturated carbocycles. The van der Waals surface area contributed by atoms with Gasteiger partial charge < -0.3 is 5.32 Å². The van der Waals surface area contributed by atoms with Crippen LogP contribution in [0.1, 0.15) is 22.8 Å². The number of halogens is 2. The van der Waals surface area contributed by atoms with Crippen molar-refractivity contribution in [2.75, 3.05) is 16.8 Å². The Bertz CT molecular complexity index is 805. The molecule has 0 bridgehead atoms. The van der Waals surface area contributed by atoms with E-state index in [1.807, 2.05) is 6.07 Å². The summed E-state index contributed by atoms with van der Waals surface area (Å²) >= 11 is 0. The molecule has 23 heavy (non-hydrogen) atoms. The zero-order valence-corrected chi connectivity index (χ0v) is 12.4. The van der Waals surface area contributed by atoms with E-state index in [0.717, 1.165) is 29.0 Å². The Kier molecular flexibility index (Phi) is 3.82. The zero-order chi connectivity index (χ0) is 16.6. The molecule has 118 valence electrons. The molecule has 0 radical (unpaired) electrons. The maximum Gasteiger partial charge on any atom is 0.268 e. The fourth-order valence-corrected chi connectivity index (χ4v) is 2.71. The number of rotatable bonds is 2. The minimum Gasteiger partial charge on any atom is -0.383 e. The molecular formula is C17H14F2N2O2. The van der Waals surface area contributed by atoms with Crippen LogP contribution in [-0.4, -0.2) is 18.4 Å². The molecule has 0 unspecified atom stereocenters. The highest BCUT2D eigenvalue weighted by atomic mass is 19.1. The fourth-order valence-electron chi connectivity index (χ4n) is 2.71. The molecule has 1 heterocycles. The molecule has 1 N–H and O–H groups in total. The van der Waals surface area contributed by atoms with E-state index < -0.39 is 23.4 Å². The van der Waals surface area contributed by atoms with E-state index in [1.54, 1.807) is 12.1 Å². The van der Waals surface area contributed by atoms with Gasteiger partial charge in [0, 0.05) is 19.5 Å². The summed E-state index contributed by atoms with van der Waals surface area (Å²) < 4.78 is 26.9. The van der Waals surface area contributed by atoms with E-state index in [9.17, 15) is 18.4 Å². The molecule has 0 spiro atoms. The minimum absolute atomic E-state index is 0.350. The number of fused-ring (bicyclic) bond motifs is 1. The van der Waals surface area contributed by atoms with Crippen molar-refractivity contribution in [3.8, 4) is 0 Å². The van der Waals surface area contributed by atoms with E-state index >= 15 is 0 Å². The molecular weight excluding hydrogens is 302 g/mol. The number of hydrogen-bond acceptors (Lipinski definition) is 3. The minimum atomic E-state index is -0.998. The lowest BCUT2D eigenvalue weighted by molar-refractivity contribution is -0.115. The van der Waals surface area contributed by atoms with E-state index in [-0.39, 0.29) is 5.56 Å². The van der Waals surface area contributed by atoms with Crippen LogP contribution in [0.15, 0.2) is 36.4 Å². The van der Waals surface area contributed by atoms with Gasteiger partial charge in [-0.3, -0.25) is 9.59 Å². The summed E-state index contributed by atoms with van der Waals surface area (Å²) in [6.45, 7) is 1.94. The number of carbonyl (C=O) groups is 2. The average molecular weight is 316 g/mol. The maximum absolute atomic E-state index is 13.9. The number of hydrogen-bond donors (Lipinski definition) is 1. The Morgan fingerprint density at radius 1 is 1.17 bits per heavy atom. The van der Waals surface area contributed by atoms with Gasteiger partial charge in [0.15, 0.2) is 0 Å². The molecule has 2 aromatic carbocycles. The summed E-state index contributed by atoms with van der Waals surface area (Å²) in [7, 11) is 0. The zero-order valence-electron chi connectivity index (χ0n) is 12.4. The molecule has 0 fully saturated rings. The highest BCUT2D eigenvalue weighted by Crippen LogP contribution is 2.34. The van der Waals surface area contributed by atoms with Gasteiger partial charge in [-0.25, -0.2) is 13.7 Å². The molecule has 6 heteroatoms. The quantitative estimate of drug-likeness (QED) is 0.926. The Morgan fingerprint density at radius 3 is 2.65 bits per heavy atom. The Balaban J connectivity index is 2.08. The van der Waals surface area contributed by atoms with Crippen LogP contribution in [0.25, 0.3) is 0 Å². The summed E-state index contributed by atoms with van der Waals surface area (Å²) in [5, 5.41) is 3.13. The number of carbonyl (C=O) groups excluding carboxylic acids is 2. The van der Waals surface area contributed by atoms with Gasteiger partial charge in [0.1, 0.15) is 11.6 Å². The smallest absolute Gasteiger partial charge is 0.268 e. The van der Waals surface area contributed by atoms with Gasteiger partial charge >= 0.3 is 0 Å². The number of para-hydroxylation sites is 1. The van der Waals surface area contributed by atoms with Gasteiger partial charge in [0.25, 0.3) is 5.91 Å². The van der Waals surface area contributed by atoms with Crippen LogP contribution in [0, 0.1) is 11.6 Å². The SMILES string of the molecule is CC(=O)N(C(=O)c1ccc(F)cc1F)c1cccc2c1NCC2. The molecule has 1 aliphatic heterocycles. The normalized spacial score (nSPS) is 12.5. The van der Waals surface area contributed by atoms with Crippen molar-refractivity contribution in [3.63, 3.8) is 0 Å². The number of anilines is 2.